The normalized spacial score (nSPS) is 11.9. The van der Waals surface area contributed by atoms with E-state index in [1.54, 1.807) is 18.2 Å². The number of nitrogens with zero attached hydrogens (tertiary/aromatic N) is 1. The summed E-state index contributed by atoms with van der Waals surface area (Å²) in [5.41, 5.74) is 7.33. The molecular weight excluding hydrogens is 586 g/mol. The molecule has 3 N–H and O–H groups in total. The number of carbonyl (C=O) groups is 2. The van der Waals surface area contributed by atoms with Gasteiger partial charge < -0.3 is 14.6 Å². The number of rotatable bonds is 8. The van der Waals surface area contributed by atoms with E-state index in [-0.39, 0.29) is 23.3 Å². The van der Waals surface area contributed by atoms with Crippen molar-refractivity contribution in [2.45, 2.75) is 58.2 Å². The van der Waals surface area contributed by atoms with E-state index in [1.807, 2.05) is 69.3 Å². The van der Waals surface area contributed by atoms with Crippen molar-refractivity contribution in [3.05, 3.63) is 125 Å². The highest BCUT2D eigenvalue weighted by Gasteiger charge is 2.21. The van der Waals surface area contributed by atoms with E-state index in [1.165, 1.54) is 12.1 Å². The molecule has 0 aliphatic rings. The fourth-order valence-corrected chi connectivity index (χ4v) is 5.81. The Labute approximate surface area is 263 Å². The smallest absolute Gasteiger partial charge is 0.339 e. The van der Waals surface area contributed by atoms with Crippen molar-refractivity contribution in [3.63, 3.8) is 0 Å². The summed E-state index contributed by atoms with van der Waals surface area (Å²) in [6.07, 6.45) is 0. The molecule has 1 amide bonds. The summed E-state index contributed by atoms with van der Waals surface area (Å²) < 4.78 is 30.8. The first-order valence-corrected chi connectivity index (χ1v) is 16.2. The van der Waals surface area contributed by atoms with Gasteiger partial charge in [-0.25, -0.2) is 18.4 Å². The maximum absolute atomic E-state index is 13.0. The van der Waals surface area contributed by atoms with E-state index in [4.69, 9.17) is 9.88 Å². The molecule has 9 heteroatoms. The highest BCUT2D eigenvalue weighted by molar-refractivity contribution is 7.89. The maximum Gasteiger partial charge on any atom is 0.339 e. The minimum Gasteiger partial charge on any atom is -0.456 e. The van der Waals surface area contributed by atoms with Crippen LogP contribution in [-0.4, -0.2) is 30.5 Å². The van der Waals surface area contributed by atoms with Crippen LogP contribution >= 0.6 is 0 Å². The second-order valence-corrected chi connectivity index (χ2v) is 13.7. The zero-order valence-electron chi connectivity index (χ0n) is 26.0. The van der Waals surface area contributed by atoms with Gasteiger partial charge in [-0.3, -0.25) is 4.79 Å². The van der Waals surface area contributed by atoms with Crippen molar-refractivity contribution in [2.24, 2.45) is 5.14 Å². The number of aryl methyl sites for hydroxylation is 1. The first-order chi connectivity index (χ1) is 21.2. The van der Waals surface area contributed by atoms with Gasteiger partial charge in [0.05, 0.1) is 10.5 Å². The van der Waals surface area contributed by atoms with Gasteiger partial charge >= 0.3 is 5.97 Å². The van der Waals surface area contributed by atoms with Crippen molar-refractivity contribution in [3.8, 4) is 11.1 Å². The molecule has 0 saturated carbocycles. The Balaban J connectivity index is 1.33. The molecule has 0 fully saturated rings. The van der Waals surface area contributed by atoms with Crippen LogP contribution in [-0.2, 0) is 27.8 Å². The number of primary sulfonamides is 1. The molecule has 0 bridgehead atoms. The first kappa shape index (κ1) is 31.7. The second kappa shape index (κ2) is 12.3. The van der Waals surface area contributed by atoms with Crippen LogP contribution in [0, 0.1) is 13.8 Å². The molecule has 0 aliphatic carbocycles. The predicted octanol–water partition coefficient (Wildman–Crippen LogP) is 6.51. The van der Waals surface area contributed by atoms with E-state index in [0.717, 1.165) is 44.4 Å². The largest absolute Gasteiger partial charge is 0.456 e. The molecule has 0 spiro atoms. The van der Waals surface area contributed by atoms with Gasteiger partial charge in [0.15, 0.2) is 0 Å². The van der Waals surface area contributed by atoms with Crippen molar-refractivity contribution in [2.75, 3.05) is 0 Å². The van der Waals surface area contributed by atoms with Gasteiger partial charge in [-0.1, -0.05) is 54.6 Å². The van der Waals surface area contributed by atoms with Gasteiger partial charge in [-0.05, 0) is 98.8 Å². The number of sulfonamides is 1. The van der Waals surface area contributed by atoms with Crippen molar-refractivity contribution < 1.29 is 22.7 Å². The van der Waals surface area contributed by atoms with Crippen LogP contribution in [0.15, 0.2) is 95.9 Å². The Kier molecular flexibility index (Phi) is 8.69. The third-order valence-corrected chi connectivity index (χ3v) is 8.69. The number of nitrogens with one attached hydrogen (secondary N) is 1. The van der Waals surface area contributed by atoms with E-state index in [0.29, 0.717) is 17.7 Å². The number of hydrogen-bond donors (Lipinski definition) is 2. The summed E-state index contributed by atoms with van der Waals surface area (Å²) in [6, 6.07) is 27.5. The number of nitrogens with two attached hydrogens (primary N) is 1. The lowest BCUT2D eigenvalue weighted by atomic mass is 9.98. The minimum atomic E-state index is -3.77. The zero-order chi connectivity index (χ0) is 32.5. The highest BCUT2D eigenvalue weighted by Crippen LogP contribution is 2.29. The molecule has 5 rings (SSSR count). The lowest BCUT2D eigenvalue weighted by Crippen LogP contribution is -2.24. The fourth-order valence-electron chi connectivity index (χ4n) is 5.29. The molecule has 0 unspecified atom stereocenters. The molecular formula is C36H37N3O5S. The lowest BCUT2D eigenvalue weighted by molar-refractivity contribution is 0.00703. The first-order valence-electron chi connectivity index (χ1n) is 14.6. The number of ether oxygens (including phenoxy) is 1. The van der Waals surface area contributed by atoms with Crippen molar-refractivity contribution in [1.29, 1.82) is 0 Å². The molecule has 232 valence electrons. The van der Waals surface area contributed by atoms with Gasteiger partial charge in [-0.15, -0.1) is 0 Å². The van der Waals surface area contributed by atoms with E-state index in [2.05, 4.69) is 35.9 Å². The molecule has 0 radical (unpaired) electrons. The quantitative estimate of drug-likeness (QED) is 0.191. The minimum absolute atomic E-state index is 0.0258. The van der Waals surface area contributed by atoms with Gasteiger partial charge in [0.25, 0.3) is 5.91 Å². The maximum atomic E-state index is 13.0. The third kappa shape index (κ3) is 7.16. The van der Waals surface area contributed by atoms with Gasteiger partial charge in [-0.2, -0.15) is 0 Å². The summed E-state index contributed by atoms with van der Waals surface area (Å²) in [4.78, 5) is 25.9. The van der Waals surface area contributed by atoms with Crippen molar-refractivity contribution in [1.82, 2.24) is 9.88 Å². The van der Waals surface area contributed by atoms with Crippen LogP contribution in [0.5, 0.6) is 0 Å². The zero-order valence-corrected chi connectivity index (χ0v) is 26.9. The number of hydrogen-bond acceptors (Lipinski definition) is 5. The third-order valence-electron chi connectivity index (χ3n) is 7.76. The average molecular weight is 624 g/mol. The average Bonchev–Trinajstić information content (AvgIpc) is 3.23. The van der Waals surface area contributed by atoms with Gasteiger partial charge in [0.2, 0.25) is 10.0 Å². The van der Waals surface area contributed by atoms with Gasteiger partial charge in [0, 0.05) is 35.2 Å². The Morgan fingerprint density at radius 3 is 2.16 bits per heavy atom. The monoisotopic (exact) mass is 623 g/mol. The summed E-state index contributed by atoms with van der Waals surface area (Å²) in [5.74, 6) is -0.571. The van der Waals surface area contributed by atoms with Gasteiger partial charge in [0.1, 0.15) is 5.60 Å². The summed E-state index contributed by atoms with van der Waals surface area (Å²) in [7, 11) is -3.77. The molecule has 5 aromatic rings. The molecule has 45 heavy (non-hydrogen) atoms. The number of aromatic nitrogens is 1. The molecule has 1 heterocycles. The number of benzene rings is 4. The molecule has 0 atom stereocenters. The van der Waals surface area contributed by atoms with E-state index in [9.17, 15) is 18.0 Å². The SMILES string of the molecule is Cc1c(C)n(Cc2ccc(-c3ccccc3C(=O)OC(C)(C)C)cc2)c2ccc(C(=O)NCc3ccc(S(N)(=O)=O)cc3)cc12. The Morgan fingerprint density at radius 1 is 0.867 bits per heavy atom. The van der Waals surface area contributed by atoms with Crippen LogP contribution in [0.2, 0.25) is 0 Å². The summed E-state index contributed by atoms with van der Waals surface area (Å²) in [6.45, 7) is 10.6. The molecule has 4 aromatic carbocycles. The van der Waals surface area contributed by atoms with Crippen LogP contribution < -0.4 is 10.5 Å². The Bertz CT molecular complexity index is 2000. The van der Waals surface area contributed by atoms with Crippen LogP contribution in [0.25, 0.3) is 22.0 Å². The van der Waals surface area contributed by atoms with Crippen LogP contribution in [0.1, 0.15) is 63.9 Å². The lowest BCUT2D eigenvalue weighted by Gasteiger charge is -2.20. The summed E-state index contributed by atoms with van der Waals surface area (Å²) in [5, 5.41) is 9.07. The topological polar surface area (TPSA) is 120 Å². The number of fused-ring (bicyclic) bond motifs is 1. The summed E-state index contributed by atoms with van der Waals surface area (Å²) >= 11 is 0. The van der Waals surface area contributed by atoms with Crippen LogP contribution in [0.4, 0.5) is 0 Å². The highest BCUT2D eigenvalue weighted by atomic mass is 32.2. The molecule has 8 nitrogen and oxygen atoms in total. The number of esters is 1. The molecule has 0 aliphatic heterocycles. The second-order valence-electron chi connectivity index (χ2n) is 12.1. The van der Waals surface area contributed by atoms with Crippen molar-refractivity contribution >= 4 is 32.8 Å². The standard InChI is InChI=1S/C36H37N3O5S/c1-23-24(2)39(22-26-10-14-27(15-11-26)30-8-6-7-9-31(30)35(41)44-36(3,4)5)33-19-16-28(20-32(23)33)34(40)38-21-25-12-17-29(18-13-25)45(37,42)43/h6-20H,21-22H2,1-5H3,(H,38,40)(H2,37,42,43). The number of amides is 1. The number of carbonyl (C=O) groups excluding carboxylic acids is 2. The molecule has 0 saturated heterocycles. The van der Waals surface area contributed by atoms with E-state index >= 15 is 0 Å². The predicted molar refractivity (Wildman–Crippen MR) is 177 cm³/mol. The Hall–Kier alpha value is -4.73. The fraction of sp³-hybridized carbons (Fsp3) is 0.222. The van der Waals surface area contributed by atoms with Crippen LogP contribution in [0.3, 0.4) is 0 Å². The Morgan fingerprint density at radius 2 is 1.51 bits per heavy atom. The molecule has 1 aromatic heterocycles. The van der Waals surface area contributed by atoms with E-state index < -0.39 is 15.6 Å².